The van der Waals surface area contributed by atoms with Gasteiger partial charge in [-0.15, -0.1) is 0 Å². The molecule has 6 atom stereocenters. The summed E-state index contributed by atoms with van der Waals surface area (Å²) in [5.41, 5.74) is -0.287. The third kappa shape index (κ3) is 4.75. The third-order valence-corrected chi connectivity index (χ3v) is 6.19. The zero-order valence-corrected chi connectivity index (χ0v) is 19.9. The summed E-state index contributed by atoms with van der Waals surface area (Å²) in [5.74, 6) is -2.17. The Labute approximate surface area is 201 Å². The highest BCUT2D eigenvalue weighted by Crippen LogP contribution is 2.42. The minimum atomic E-state index is -1.27. The second kappa shape index (κ2) is 8.77. The first-order chi connectivity index (χ1) is 16.5. The molecular formula is C24H29N3O8. The van der Waals surface area contributed by atoms with Crippen LogP contribution in [-0.4, -0.2) is 69.3 Å². The highest BCUT2D eigenvalue weighted by molar-refractivity contribution is 6.03. The fourth-order valence-corrected chi connectivity index (χ4v) is 4.65. The van der Waals surface area contributed by atoms with E-state index in [0.717, 1.165) is 4.57 Å². The standard InChI is InChI=1S/C24H29N3O8/c1-23(2)31-12-14-17(33-23)19-18(34-24(3,4)35-19)16(28)21(32-14)27-11-10-15(26-22(27)30)25-20(29)13-8-6-5-7-9-13/h5-11,14,16-19,21,28H,12H2,1-4H3,(H,25,26,29,30)/t14?,16?,17-,18?,19-,21+/m0/s1. The molecule has 3 aliphatic rings. The van der Waals surface area contributed by atoms with Crippen LogP contribution in [0.25, 0.3) is 0 Å². The fourth-order valence-electron chi connectivity index (χ4n) is 4.65. The van der Waals surface area contributed by atoms with Crippen molar-refractivity contribution in [2.45, 2.75) is 76.0 Å². The third-order valence-electron chi connectivity index (χ3n) is 6.19. The van der Waals surface area contributed by atoms with Gasteiger partial charge in [-0.25, -0.2) is 4.79 Å². The van der Waals surface area contributed by atoms with E-state index in [-0.39, 0.29) is 12.4 Å². The molecule has 188 valence electrons. The molecule has 11 heteroatoms. The van der Waals surface area contributed by atoms with Gasteiger partial charge in [0.1, 0.15) is 36.3 Å². The molecular weight excluding hydrogens is 458 g/mol. The summed E-state index contributed by atoms with van der Waals surface area (Å²) in [6.45, 7) is 7.24. The number of carbonyl (C=O) groups is 1. The van der Waals surface area contributed by atoms with Gasteiger partial charge < -0.3 is 34.1 Å². The molecule has 5 rings (SSSR count). The highest BCUT2D eigenvalue weighted by Gasteiger charge is 2.58. The molecule has 3 fully saturated rings. The van der Waals surface area contributed by atoms with Crippen molar-refractivity contribution in [3.05, 3.63) is 58.6 Å². The molecule has 1 amide bonds. The second-order valence-corrected chi connectivity index (χ2v) is 9.74. The van der Waals surface area contributed by atoms with Crippen LogP contribution in [0.2, 0.25) is 0 Å². The molecule has 2 aromatic rings. The van der Waals surface area contributed by atoms with E-state index in [2.05, 4.69) is 10.3 Å². The molecule has 11 nitrogen and oxygen atoms in total. The van der Waals surface area contributed by atoms with Gasteiger partial charge in [0, 0.05) is 11.8 Å². The number of fused-ring (bicyclic) bond motifs is 3. The maximum Gasteiger partial charge on any atom is 0.351 e. The Morgan fingerprint density at radius 1 is 1.03 bits per heavy atom. The SMILES string of the molecule is CC1(C)OC2C(O)[C@H](n3ccc(NC(=O)c4ccccc4)nc3=O)OC3COC(C)(C)O[C@@H]3[C@@H]2O1. The monoisotopic (exact) mass is 487 g/mol. The molecule has 2 N–H and O–H groups in total. The van der Waals surface area contributed by atoms with Crippen LogP contribution in [0.3, 0.4) is 0 Å². The van der Waals surface area contributed by atoms with E-state index < -0.39 is 59.9 Å². The van der Waals surface area contributed by atoms with Gasteiger partial charge in [0.05, 0.1) is 6.61 Å². The Bertz CT molecular complexity index is 1150. The van der Waals surface area contributed by atoms with Crippen LogP contribution < -0.4 is 11.0 Å². The number of benzene rings is 1. The van der Waals surface area contributed by atoms with Gasteiger partial charge in [-0.1, -0.05) is 18.2 Å². The summed E-state index contributed by atoms with van der Waals surface area (Å²) in [4.78, 5) is 29.4. The van der Waals surface area contributed by atoms with Gasteiger partial charge in [-0.2, -0.15) is 4.98 Å². The van der Waals surface area contributed by atoms with Crippen LogP contribution in [0, 0.1) is 0 Å². The Hall–Kier alpha value is -2.67. The normalized spacial score (nSPS) is 33.3. The number of carbonyl (C=O) groups excluding carboxylic acids is 1. The number of amides is 1. The topological polar surface area (TPSA) is 130 Å². The Kier molecular flexibility index (Phi) is 6.02. The molecule has 1 aromatic heterocycles. The predicted octanol–water partition coefficient (Wildman–Crippen LogP) is 1.43. The average molecular weight is 488 g/mol. The number of nitrogens with zero attached hydrogens (tertiary/aromatic N) is 2. The number of rotatable bonds is 3. The average Bonchev–Trinajstić information content (AvgIpc) is 3.09. The first-order valence-corrected chi connectivity index (χ1v) is 11.5. The van der Waals surface area contributed by atoms with Crippen molar-refractivity contribution in [2.75, 3.05) is 11.9 Å². The minimum absolute atomic E-state index is 0.0756. The number of aliphatic hydroxyl groups is 1. The number of anilines is 1. The zero-order chi connectivity index (χ0) is 25.0. The molecule has 1 aromatic carbocycles. The molecule has 3 unspecified atom stereocenters. The van der Waals surface area contributed by atoms with E-state index in [9.17, 15) is 14.7 Å². The van der Waals surface area contributed by atoms with Gasteiger partial charge in [0.15, 0.2) is 17.8 Å². The summed E-state index contributed by atoms with van der Waals surface area (Å²) < 4.78 is 31.3. The lowest BCUT2D eigenvalue weighted by Gasteiger charge is -2.42. The predicted molar refractivity (Wildman–Crippen MR) is 122 cm³/mol. The van der Waals surface area contributed by atoms with Gasteiger partial charge >= 0.3 is 5.69 Å². The molecule has 3 saturated heterocycles. The van der Waals surface area contributed by atoms with E-state index in [1.54, 1.807) is 58.0 Å². The van der Waals surface area contributed by atoms with Gasteiger partial charge in [0.2, 0.25) is 0 Å². The summed E-state index contributed by atoms with van der Waals surface area (Å²) in [6.07, 6.45) is -3.73. The van der Waals surface area contributed by atoms with Crippen molar-refractivity contribution in [1.29, 1.82) is 0 Å². The second-order valence-electron chi connectivity index (χ2n) is 9.74. The Morgan fingerprint density at radius 2 is 1.71 bits per heavy atom. The Morgan fingerprint density at radius 3 is 2.43 bits per heavy atom. The summed E-state index contributed by atoms with van der Waals surface area (Å²) in [7, 11) is 0. The molecule has 4 heterocycles. The lowest BCUT2D eigenvalue weighted by Crippen LogP contribution is -2.55. The maximum atomic E-state index is 13.0. The van der Waals surface area contributed by atoms with Crippen LogP contribution in [0.5, 0.6) is 0 Å². The van der Waals surface area contributed by atoms with Crippen LogP contribution in [-0.2, 0) is 23.7 Å². The first kappa shape index (κ1) is 24.0. The molecule has 0 aliphatic carbocycles. The lowest BCUT2D eigenvalue weighted by atomic mass is 9.99. The van der Waals surface area contributed by atoms with E-state index in [1.165, 1.54) is 12.3 Å². The van der Waals surface area contributed by atoms with E-state index >= 15 is 0 Å². The molecule has 35 heavy (non-hydrogen) atoms. The minimum Gasteiger partial charge on any atom is -0.386 e. The summed E-state index contributed by atoms with van der Waals surface area (Å²) in [5, 5.41) is 13.9. The van der Waals surface area contributed by atoms with Crippen LogP contribution in [0.1, 0.15) is 44.3 Å². The Balaban J connectivity index is 1.43. The molecule has 0 saturated carbocycles. The van der Waals surface area contributed by atoms with E-state index in [4.69, 9.17) is 23.7 Å². The first-order valence-electron chi connectivity index (χ1n) is 11.5. The van der Waals surface area contributed by atoms with Gasteiger partial charge in [-0.05, 0) is 45.9 Å². The highest BCUT2D eigenvalue weighted by atomic mass is 16.8. The van der Waals surface area contributed by atoms with E-state index in [0.29, 0.717) is 5.56 Å². The molecule has 3 aliphatic heterocycles. The van der Waals surface area contributed by atoms with Crippen molar-refractivity contribution in [2.24, 2.45) is 0 Å². The summed E-state index contributed by atoms with van der Waals surface area (Å²) in [6, 6.07) is 10.0. The van der Waals surface area contributed by atoms with Crippen molar-refractivity contribution in [3.63, 3.8) is 0 Å². The number of ether oxygens (including phenoxy) is 5. The van der Waals surface area contributed by atoms with Crippen LogP contribution in [0.15, 0.2) is 47.4 Å². The smallest absolute Gasteiger partial charge is 0.351 e. The fraction of sp³-hybridized carbons (Fsp3) is 0.542. The molecule has 0 bridgehead atoms. The van der Waals surface area contributed by atoms with Crippen molar-refractivity contribution in [1.82, 2.24) is 9.55 Å². The largest absolute Gasteiger partial charge is 0.386 e. The quantitative estimate of drug-likeness (QED) is 0.660. The van der Waals surface area contributed by atoms with Crippen molar-refractivity contribution >= 4 is 11.7 Å². The number of aliphatic hydroxyl groups excluding tert-OH is 1. The van der Waals surface area contributed by atoms with Crippen LogP contribution >= 0.6 is 0 Å². The number of nitrogens with one attached hydrogen (secondary N) is 1. The molecule has 0 spiro atoms. The van der Waals surface area contributed by atoms with Crippen molar-refractivity contribution in [3.8, 4) is 0 Å². The number of hydrogen-bond donors (Lipinski definition) is 2. The maximum absolute atomic E-state index is 13.0. The van der Waals surface area contributed by atoms with Gasteiger partial charge in [-0.3, -0.25) is 9.36 Å². The zero-order valence-electron chi connectivity index (χ0n) is 19.9. The van der Waals surface area contributed by atoms with E-state index in [1.807, 2.05) is 0 Å². The summed E-state index contributed by atoms with van der Waals surface area (Å²) >= 11 is 0. The molecule has 0 radical (unpaired) electrons. The van der Waals surface area contributed by atoms with Crippen molar-refractivity contribution < 1.29 is 33.6 Å². The number of hydrogen-bond acceptors (Lipinski definition) is 9. The lowest BCUT2D eigenvalue weighted by molar-refractivity contribution is -0.332. The van der Waals surface area contributed by atoms with Crippen LogP contribution in [0.4, 0.5) is 5.82 Å². The number of aromatic nitrogens is 2. The van der Waals surface area contributed by atoms with Gasteiger partial charge in [0.25, 0.3) is 5.91 Å².